The second-order valence-corrected chi connectivity index (χ2v) is 9.20. The van der Waals surface area contributed by atoms with Crippen LogP contribution < -0.4 is 15.4 Å². The van der Waals surface area contributed by atoms with E-state index in [0.717, 1.165) is 11.6 Å². The van der Waals surface area contributed by atoms with Gasteiger partial charge in [-0.2, -0.15) is 10.4 Å². The third kappa shape index (κ3) is 4.95. The summed E-state index contributed by atoms with van der Waals surface area (Å²) in [4.78, 5) is 37.1. The average molecular weight is 510 g/mol. The molecule has 2 amide bonds. The normalized spacial score (nSPS) is 19.2. The molecule has 1 aromatic heterocycles. The minimum atomic E-state index is -1.06. The molecular formula is C28H23N5O5. The number of carbonyl (C=O) groups excluding carboxylic acids is 2. The number of nitrogens with one attached hydrogen (secondary N) is 2. The lowest BCUT2D eigenvalue weighted by Crippen LogP contribution is -2.27. The van der Waals surface area contributed by atoms with Gasteiger partial charge in [-0.1, -0.05) is 12.1 Å². The molecule has 2 aromatic carbocycles. The molecule has 2 aliphatic rings. The van der Waals surface area contributed by atoms with E-state index in [0.29, 0.717) is 53.4 Å². The first-order valence-corrected chi connectivity index (χ1v) is 12.0. The van der Waals surface area contributed by atoms with Crippen molar-refractivity contribution in [3.63, 3.8) is 0 Å². The first kappa shape index (κ1) is 24.6. The van der Waals surface area contributed by atoms with Crippen molar-refractivity contribution in [2.24, 2.45) is 5.92 Å². The van der Waals surface area contributed by atoms with Gasteiger partial charge in [0.25, 0.3) is 5.91 Å². The number of nitrogens with zero attached hydrogens (tertiary/aromatic N) is 3. The summed E-state index contributed by atoms with van der Waals surface area (Å²) in [6, 6.07) is 15.5. The summed E-state index contributed by atoms with van der Waals surface area (Å²) < 4.78 is 5.83. The van der Waals surface area contributed by atoms with Crippen molar-refractivity contribution < 1.29 is 24.2 Å². The van der Waals surface area contributed by atoms with E-state index < -0.39 is 11.4 Å². The quantitative estimate of drug-likeness (QED) is 0.409. The number of carboxylic acid groups (broad SMARTS) is 1. The number of carboxylic acids is 1. The van der Waals surface area contributed by atoms with E-state index in [1.54, 1.807) is 48.5 Å². The number of fused-ring (bicyclic) bond motifs is 2. The molecule has 0 saturated heterocycles. The van der Waals surface area contributed by atoms with E-state index in [9.17, 15) is 19.6 Å². The van der Waals surface area contributed by atoms with Gasteiger partial charge in [0.2, 0.25) is 5.91 Å². The number of aliphatic carboxylic acids is 1. The molecule has 3 aromatic rings. The van der Waals surface area contributed by atoms with E-state index in [4.69, 9.17) is 9.84 Å². The van der Waals surface area contributed by atoms with Crippen molar-refractivity contribution in [3.05, 3.63) is 89.1 Å². The summed E-state index contributed by atoms with van der Waals surface area (Å²) in [6.07, 6.45) is 5.54. The van der Waals surface area contributed by atoms with Crippen molar-refractivity contribution >= 4 is 29.3 Å². The molecule has 1 fully saturated rings. The zero-order valence-corrected chi connectivity index (χ0v) is 20.2. The highest BCUT2D eigenvalue weighted by Crippen LogP contribution is 2.61. The number of allylic oxidation sites excluding steroid dienone is 1. The first-order chi connectivity index (χ1) is 18.4. The number of hydrogen-bond acceptors (Lipinski definition) is 7. The molecule has 0 bridgehead atoms. The van der Waals surface area contributed by atoms with Crippen LogP contribution in [0.2, 0.25) is 0 Å². The largest absolute Gasteiger partial charge is 0.493 e. The number of ether oxygens (including phenoxy) is 1. The van der Waals surface area contributed by atoms with Crippen molar-refractivity contribution in [3.8, 4) is 11.8 Å². The number of hydrogen-bond donors (Lipinski definition) is 3. The maximum absolute atomic E-state index is 13.4. The van der Waals surface area contributed by atoms with Gasteiger partial charge in [-0.25, -0.2) is 4.79 Å². The lowest BCUT2D eigenvalue weighted by molar-refractivity contribution is -0.131. The first-order valence-electron chi connectivity index (χ1n) is 12.0. The summed E-state index contributed by atoms with van der Waals surface area (Å²) in [5.74, 6) is -0.982. The van der Waals surface area contributed by atoms with Crippen LogP contribution >= 0.6 is 0 Å². The van der Waals surface area contributed by atoms with Crippen LogP contribution in [0, 0.1) is 17.2 Å². The smallest absolute Gasteiger partial charge is 0.327 e. The molecule has 1 saturated carbocycles. The van der Waals surface area contributed by atoms with Crippen LogP contribution in [0.25, 0.3) is 0 Å². The second-order valence-electron chi connectivity index (χ2n) is 9.20. The molecule has 3 N–H and O–H groups in total. The Morgan fingerprint density at radius 3 is 2.82 bits per heavy atom. The highest BCUT2D eigenvalue weighted by molar-refractivity contribution is 6.04. The minimum absolute atomic E-state index is 0.203. The van der Waals surface area contributed by atoms with Gasteiger partial charge in [-0.05, 0) is 67.3 Å². The van der Waals surface area contributed by atoms with Gasteiger partial charge in [0.15, 0.2) is 5.82 Å². The summed E-state index contributed by atoms with van der Waals surface area (Å²) in [6.45, 7) is 0.455. The third-order valence-electron chi connectivity index (χ3n) is 6.88. The molecule has 1 aliphatic carbocycles. The van der Waals surface area contributed by atoms with Gasteiger partial charge in [0, 0.05) is 40.4 Å². The van der Waals surface area contributed by atoms with Crippen LogP contribution in [0.4, 0.5) is 11.5 Å². The van der Waals surface area contributed by atoms with Crippen LogP contribution in [0.5, 0.6) is 5.75 Å². The molecule has 38 heavy (non-hydrogen) atoms. The van der Waals surface area contributed by atoms with Gasteiger partial charge in [0.05, 0.1) is 18.2 Å². The van der Waals surface area contributed by atoms with E-state index in [-0.39, 0.29) is 24.2 Å². The molecule has 0 radical (unpaired) electrons. The summed E-state index contributed by atoms with van der Waals surface area (Å²) in [5, 5.41) is 31.5. The molecular weight excluding hydrogens is 486 g/mol. The standard InChI is InChI=1S/C28H23N5O5/c29-16-17-6-7-18(3-1-5-25(34)35)22(13-17)31-27(37)21-15-28(21)10-12-38-23-9-8-19(14-20(23)28)26(36)32-24-4-2-11-30-33-24/h1-2,4-9,11,13-14,21H,3,10,12,15H2,(H,31,37)(H,34,35)(H,32,33,36)/t21-,28-/m0/s1. The number of benzene rings is 2. The summed E-state index contributed by atoms with van der Waals surface area (Å²) >= 11 is 0. The van der Waals surface area contributed by atoms with E-state index in [2.05, 4.69) is 26.9 Å². The fraction of sp³-hybridized carbons (Fsp3) is 0.214. The molecule has 10 nitrogen and oxygen atoms in total. The summed E-state index contributed by atoms with van der Waals surface area (Å²) in [7, 11) is 0. The van der Waals surface area contributed by atoms with Crippen LogP contribution in [-0.2, 0) is 21.4 Å². The Kier molecular flexibility index (Phi) is 6.58. The number of rotatable bonds is 7. The predicted octanol–water partition coefficient (Wildman–Crippen LogP) is 3.46. The molecule has 1 spiro atoms. The molecule has 0 unspecified atom stereocenters. The lowest BCUT2D eigenvalue weighted by atomic mass is 9.86. The number of anilines is 2. The van der Waals surface area contributed by atoms with Crippen molar-refractivity contribution in [1.29, 1.82) is 5.26 Å². The Morgan fingerprint density at radius 1 is 1.18 bits per heavy atom. The number of aromatic nitrogens is 2. The van der Waals surface area contributed by atoms with Crippen LogP contribution in [0.1, 0.15) is 39.9 Å². The monoisotopic (exact) mass is 509 g/mol. The Hall–Kier alpha value is -5.04. The van der Waals surface area contributed by atoms with Crippen LogP contribution in [0.15, 0.2) is 66.9 Å². The molecule has 1 aliphatic heterocycles. The molecule has 2 atom stereocenters. The van der Waals surface area contributed by atoms with Gasteiger partial charge in [-0.15, -0.1) is 5.10 Å². The Morgan fingerprint density at radius 2 is 2.05 bits per heavy atom. The van der Waals surface area contributed by atoms with Gasteiger partial charge in [-0.3, -0.25) is 9.59 Å². The number of nitriles is 1. The van der Waals surface area contributed by atoms with E-state index in [1.807, 2.05) is 0 Å². The SMILES string of the molecule is N#Cc1ccc(CC=CC(=O)O)c(NC(=O)[C@@H]2C[C@]23CCOc2ccc(C(=O)Nc4cccnn4)cc23)c1. The van der Waals surface area contributed by atoms with Crippen molar-refractivity contribution in [2.75, 3.05) is 17.2 Å². The van der Waals surface area contributed by atoms with Crippen LogP contribution in [-0.4, -0.2) is 39.7 Å². The number of carbonyl (C=O) groups is 3. The lowest BCUT2D eigenvalue weighted by Gasteiger charge is -2.27. The zero-order valence-electron chi connectivity index (χ0n) is 20.2. The Labute approximate surface area is 218 Å². The summed E-state index contributed by atoms with van der Waals surface area (Å²) in [5.41, 5.74) is 2.31. The third-order valence-corrected chi connectivity index (χ3v) is 6.88. The van der Waals surface area contributed by atoms with Crippen molar-refractivity contribution in [2.45, 2.75) is 24.7 Å². The van der Waals surface area contributed by atoms with E-state index >= 15 is 0 Å². The minimum Gasteiger partial charge on any atom is -0.493 e. The van der Waals surface area contributed by atoms with Crippen LogP contribution in [0.3, 0.4) is 0 Å². The highest BCUT2D eigenvalue weighted by Gasteiger charge is 2.61. The number of amides is 2. The predicted molar refractivity (Wildman–Crippen MR) is 137 cm³/mol. The maximum Gasteiger partial charge on any atom is 0.327 e. The maximum atomic E-state index is 13.4. The fourth-order valence-electron chi connectivity index (χ4n) is 4.89. The van der Waals surface area contributed by atoms with Gasteiger partial charge >= 0.3 is 5.97 Å². The molecule has 190 valence electrons. The molecule has 10 heteroatoms. The molecule has 5 rings (SSSR count). The van der Waals surface area contributed by atoms with E-state index in [1.165, 1.54) is 12.3 Å². The second kappa shape index (κ2) is 10.1. The topological polar surface area (TPSA) is 154 Å². The van der Waals surface area contributed by atoms with Gasteiger partial charge in [0.1, 0.15) is 5.75 Å². The van der Waals surface area contributed by atoms with Gasteiger partial charge < -0.3 is 20.5 Å². The fourth-order valence-corrected chi connectivity index (χ4v) is 4.89. The Bertz CT molecular complexity index is 1500. The average Bonchev–Trinajstić information content (AvgIpc) is 3.64. The Balaban J connectivity index is 1.37. The van der Waals surface area contributed by atoms with Crippen molar-refractivity contribution in [1.82, 2.24) is 10.2 Å². The zero-order chi connectivity index (χ0) is 26.7. The highest BCUT2D eigenvalue weighted by atomic mass is 16.5. The molecule has 2 heterocycles.